The van der Waals surface area contributed by atoms with Crippen LogP contribution in [0.4, 0.5) is 5.82 Å². The second-order valence-corrected chi connectivity index (χ2v) is 10.2. The number of methoxy groups -OCH3 is 1. The van der Waals surface area contributed by atoms with E-state index in [0.29, 0.717) is 33.1 Å². The number of hydrogen-bond donors (Lipinski definition) is 2. The summed E-state index contributed by atoms with van der Waals surface area (Å²) in [6, 6.07) is 15.1. The monoisotopic (exact) mass is 476 g/mol. The molecule has 0 aliphatic carbocycles. The first-order valence-corrected chi connectivity index (χ1v) is 11.7. The third-order valence-electron chi connectivity index (χ3n) is 4.57. The maximum Gasteiger partial charge on any atom is 0.272 e. The zero-order valence-electron chi connectivity index (χ0n) is 16.2. The predicted molar refractivity (Wildman–Crippen MR) is 120 cm³/mol. The van der Waals surface area contributed by atoms with Gasteiger partial charge in [0.1, 0.15) is 9.96 Å². The lowest BCUT2D eigenvalue weighted by Crippen LogP contribution is -2.13. The number of aromatic nitrogens is 2. The number of anilines is 1. The molecule has 2 aromatic heterocycles. The van der Waals surface area contributed by atoms with Crippen molar-refractivity contribution >= 4 is 55.6 Å². The van der Waals surface area contributed by atoms with Gasteiger partial charge in [0.2, 0.25) is 5.91 Å². The van der Waals surface area contributed by atoms with Crippen LogP contribution < -0.4 is 15.2 Å². The summed E-state index contributed by atoms with van der Waals surface area (Å²) >= 11 is 6.85. The number of sulfonamides is 1. The molecule has 0 bridgehead atoms. The highest BCUT2D eigenvalue weighted by Gasteiger charge is 2.23. The third-order valence-corrected chi connectivity index (χ3v) is 7.64. The molecule has 0 saturated carbocycles. The molecule has 0 radical (unpaired) electrons. The van der Waals surface area contributed by atoms with Gasteiger partial charge in [-0.1, -0.05) is 29.8 Å². The number of nitrogens with zero attached hydrogens (tertiary/aromatic N) is 2. The van der Waals surface area contributed by atoms with E-state index in [1.54, 1.807) is 41.1 Å². The zero-order chi connectivity index (χ0) is 22.2. The normalized spacial score (nSPS) is 11.5. The number of carbonyl (C=O) groups is 1. The van der Waals surface area contributed by atoms with Crippen LogP contribution in [-0.4, -0.2) is 31.2 Å². The Labute approximate surface area is 187 Å². The molecule has 11 heteroatoms. The maximum absolute atomic E-state index is 12.8. The Balaban J connectivity index is 1.76. The van der Waals surface area contributed by atoms with Crippen LogP contribution in [0.1, 0.15) is 15.9 Å². The van der Waals surface area contributed by atoms with Gasteiger partial charge in [-0.25, -0.2) is 8.42 Å². The number of primary amides is 1. The first-order chi connectivity index (χ1) is 14.8. The molecule has 160 valence electrons. The zero-order valence-corrected chi connectivity index (χ0v) is 18.6. The molecule has 4 rings (SSSR count). The van der Waals surface area contributed by atoms with Gasteiger partial charge in [-0.15, -0.1) is 11.3 Å². The van der Waals surface area contributed by atoms with E-state index in [1.807, 2.05) is 6.07 Å². The number of ether oxygens (including phenoxy) is 1. The Morgan fingerprint density at radius 3 is 2.55 bits per heavy atom. The minimum Gasteiger partial charge on any atom is -0.496 e. The number of benzene rings is 2. The molecule has 4 aromatic rings. The molecule has 0 fully saturated rings. The number of amides is 1. The number of rotatable bonds is 7. The summed E-state index contributed by atoms with van der Waals surface area (Å²) in [5.41, 5.74) is 7.23. The standard InChI is InChI=1S/C20H17ClN4O4S2/c1-29-15-4-2-3-14-18(15)20(24-31(27,28)17-10-9-16(21)30-17)23-25(14)11-12-5-7-13(8-6-12)19(22)26/h2-10H,11H2,1H3,(H2,22,26)(H,23,24). The SMILES string of the molecule is COc1cccc2c1c(NS(=O)(=O)c1ccc(Cl)s1)nn2Cc1ccc(C(N)=O)cc1. The van der Waals surface area contributed by atoms with E-state index in [0.717, 1.165) is 16.9 Å². The summed E-state index contributed by atoms with van der Waals surface area (Å²) in [5, 5.41) is 5.03. The van der Waals surface area contributed by atoms with E-state index in [-0.39, 0.29) is 10.0 Å². The highest BCUT2D eigenvalue weighted by atomic mass is 35.5. The minimum atomic E-state index is -3.88. The molecule has 1 amide bonds. The Morgan fingerprint density at radius 2 is 1.94 bits per heavy atom. The van der Waals surface area contributed by atoms with Gasteiger partial charge >= 0.3 is 0 Å². The molecule has 0 atom stereocenters. The van der Waals surface area contributed by atoms with Crippen molar-refractivity contribution < 1.29 is 17.9 Å². The number of hydrogen-bond acceptors (Lipinski definition) is 6. The van der Waals surface area contributed by atoms with Gasteiger partial charge < -0.3 is 10.5 Å². The number of thiophene rings is 1. The average Bonchev–Trinajstić information content (AvgIpc) is 3.33. The summed E-state index contributed by atoms with van der Waals surface area (Å²) in [6.45, 7) is 0.343. The number of fused-ring (bicyclic) bond motifs is 1. The lowest BCUT2D eigenvalue weighted by atomic mass is 10.1. The van der Waals surface area contributed by atoms with Gasteiger partial charge in [0.05, 0.1) is 28.9 Å². The Hall–Kier alpha value is -3.08. The maximum atomic E-state index is 12.8. The second kappa shape index (κ2) is 8.22. The van der Waals surface area contributed by atoms with Gasteiger partial charge in [-0.2, -0.15) is 5.10 Å². The highest BCUT2D eigenvalue weighted by Crippen LogP contribution is 2.35. The van der Waals surface area contributed by atoms with Gasteiger partial charge in [-0.05, 0) is 42.0 Å². The van der Waals surface area contributed by atoms with Crippen LogP contribution in [0.3, 0.4) is 0 Å². The van der Waals surface area contributed by atoms with Gasteiger partial charge in [-0.3, -0.25) is 14.2 Å². The van der Waals surface area contributed by atoms with E-state index >= 15 is 0 Å². The fourth-order valence-electron chi connectivity index (χ4n) is 3.13. The van der Waals surface area contributed by atoms with E-state index in [9.17, 15) is 13.2 Å². The first kappa shape index (κ1) is 21.2. The number of carbonyl (C=O) groups excluding carboxylic acids is 1. The smallest absolute Gasteiger partial charge is 0.272 e. The lowest BCUT2D eigenvalue weighted by molar-refractivity contribution is 0.100. The van der Waals surface area contributed by atoms with Gasteiger partial charge in [0, 0.05) is 5.56 Å². The summed E-state index contributed by atoms with van der Waals surface area (Å²) in [7, 11) is -2.38. The molecule has 8 nitrogen and oxygen atoms in total. The van der Waals surface area contributed by atoms with Gasteiger partial charge in [0.15, 0.2) is 5.82 Å². The van der Waals surface area contributed by atoms with Crippen molar-refractivity contribution in [2.24, 2.45) is 5.73 Å². The molecular weight excluding hydrogens is 460 g/mol. The van der Waals surface area contributed by atoms with Gasteiger partial charge in [0.25, 0.3) is 10.0 Å². The fraction of sp³-hybridized carbons (Fsp3) is 0.100. The molecule has 0 aliphatic heterocycles. The van der Waals surface area contributed by atoms with Crippen LogP contribution in [0, 0.1) is 0 Å². The topological polar surface area (TPSA) is 116 Å². The van der Waals surface area contributed by atoms with E-state index in [1.165, 1.54) is 19.2 Å². The summed E-state index contributed by atoms with van der Waals surface area (Å²) in [6.07, 6.45) is 0. The van der Waals surface area contributed by atoms with Crippen molar-refractivity contribution in [3.63, 3.8) is 0 Å². The Morgan fingerprint density at radius 1 is 1.19 bits per heavy atom. The molecule has 0 saturated heterocycles. The highest BCUT2D eigenvalue weighted by molar-refractivity contribution is 7.94. The van der Waals surface area contributed by atoms with Crippen LogP contribution in [-0.2, 0) is 16.6 Å². The quantitative estimate of drug-likeness (QED) is 0.421. The molecule has 0 aliphatic rings. The van der Waals surface area contributed by atoms with Crippen molar-refractivity contribution in [1.82, 2.24) is 9.78 Å². The molecule has 31 heavy (non-hydrogen) atoms. The van der Waals surface area contributed by atoms with Crippen molar-refractivity contribution in [3.05, 3.63) is 70.1 Å². The largest absolute Gasteiger partial charge is 0.496 e. The van der Waals surface area contributed by atoms with Crippen LogP contribution in [0.25, 0.3) is 10.9 Å². The van der Waals surface area contributed by atoms with Crippen LogP contribution >= 0.6 is 22.9 Å². The van der Waals surface area contributed by atoms with Crippen molar-refractivity contribution in [2.45, 2.75) is 10.8 Å². The molecule has 2 heterocycles. The summed E-state index contributed by atoms with van der Waals surface area (Å²) < 4.78 is 35.8. The third kappa shape index (κ3) is 4.22. The first-order valence-electron chi connectivity index (χ1n) is 8.99. The number of nitrogens with two attached hydrogens (primary N) is 1. The Kier molecular flexibility index (Phi) is 5.61. The van der Waals surface area contributed by atoms with Crippen LogP contribution in [0.15, 0.2) is 58.8 Å². The van der Waals surface area contributed by atoms with Crippen molar-refractivity contribution in [3.8, 4) is 5.75 Å². The van der Waals surface area contributed by atoms with Crippen LogP contribution in [0.2, 0.25) is 4.34 Å². The molecular formula is C20H17ClN4O4S2. The fourth-order valence-corrected chi connectivity index (χ4v) is 5.62. The van der Waals surface area contributed by atoms with E-state index < -0.39 is 15.9 Å². The van der Waals surface area contributed by atoms with E-state index in [2.05, 4.69) is 9.82 Å². The van der Waals surface area contributed by atoms with Crippen molar-refractivity contribution in [2.75, 3.05) is 11.8 Å². The van der Waals surface area contributed by atoms with Crippen molar-refractivity contribution in [1.29, 1.82) is 0 Å². The number of nitrogens with one attached hydrogen (secondary N) is 1. The number of halogens is 1. The molecule has 0 unspecified atom stereocenters. The molecule has 3 N–H and O–H groups in total. The average molecular weight is 477 g/mol. The second-order valence-electron chi connectivity index (χ2n) is 6.59. The predicted octanol–water partition coefficient (Wildman–Crippen LogP) is 3.71. The molecule has 2 aromatic carbocycles. The Bertz CT molecular complexity index is 1380. The van der Waals surface area contributed by atoms with Crippen LogP contribution in [0.5, 0.6) is 5.75 Å². The molecule has 0 spiro atoms. The summed E-state index contributed by atoms with van der Waals surface area (Å²) in [5.74, 6) is 0.117. The van der Waals surface area contributed by atoms with E-state index in [4.69, 9.17) is 22.1 Å². The lowest BCUT2D eigenvalue weighted by Gasteiger charge is -2.06. The minimum absolute atomic E-state index is 0.0807. The summed E-state index contributed by atoms with van der Waals surface area (Å²) in [4.78, 5) is 11.3.